The smallest absolute Gasteiger partial charge is 0.327 e. The van der Waals surface area contributed by atoms with Gasteiger partial charge in [-0.05, 0) is 20.8 Å². The molecule has 0 aromatic heterocycles. The van der Waals surface area contributed by atoms with E-state index in [0.717, 1.165) is 6.08 Å². The Kier molecular flexibility index (Phi) is 103. The molecule has 0 aromatic rings. The van der Waals surface area contributed by atoms with Gasteiger partial charge in [0.25, 0.3) is 0 Å². The molecule has 0 atom stereocenters. The summed E-state index contributed by atoms with van der Waals surface area (Å²) in [7, 11) is 0. The lowest BCUT2D eigenvalue weighted by molar-refractivity contribution is -0.134. The molecule has 5 N–H and O–H groups in total. The minimum Gasteiger partial charge on any atom is -0.481 e. The van der Waals surface area contributed by atoms with Crippen LogP contribution in [-0.4, -0.2) is 68.2 Å². The summed E-state index contributed by atoms with van der Waals surface area (Å²) < 4.78 is 0. The lowest BCUT2D eigenvalue weighted by atomic mass is 10.7. The molecule has 0 aliphatic heterocycles. The second-order valence-electron chi connectivity index (χ2n) is 3.32. The summed E-state index contributed by atoms with van der Waals surface area (Å²) in [5.74, 6) is -2.91. The van der Waals surface area contributed by atoms with E-state index in [2.05, 4.69) is 51.6 Å². The van der Waals surface area contributed by atoms with E-state index in [-0.39, 0.29) is 24.7 Å². The maximum absolute atomic E-state index is 9.29. The molecule has 0 aliphatic carbocycles. The molecule has 10 heteroatoms. The summed E-state index contributed by atoms with van der Waals surface area (Å²) in [6.07, 6.45) is 6.08. The molecule has 0 heterocycles. The normalized spacial score (nSPS) is 6.25. The predicted molar refractivity (Wildman–Crippen MR) is 123 cm³/mol. The molecular weight excluding hydrogens is 408 g/mol. The summed E-state index contributed by atoms with van der Waals surface area (Å²) in [5.41, 5.74) is 0. The minimum atomic E-state index is -0.981. The molecule has 0 saturated heterocycles. The van der Waals surface area contributed by atoms with E-state index < -0.39 is 17.9 Å². The van der Waals surface area contributed by atoms with E-state index in [1.807, 2.05) is 20.8 Å². The summed E-state index contributed by atoms with van der Waals surface area (Å²) >= 11 is 6.83. The number of rotatable bonds is 4. The number of hydrogen-bond acceptors (Lipinski definition) is 7. The monoisotopic (exact) mass is 444 g/mol. The number of carboxylic acid groups (broad SMARTS) is 3. The van der Waals surface area contributed by atoms with Crippen LogP contribution in [0, 0.1) is 0 Å². The van der Waals surface area contributed by atoms with Gasteiger partial charge in [0.15, 0.2) is 0 Å². The highest BCUT2D eigenvalue weighted by molar-refractivity contribution is 7.81. The number of thiol groups is 2. The molecule has 0 fully saturated rings. The first-order valence-electron chi connectivity index (χ1n) is 7.41. The van der Waals surface area contributed by atoms with Crippen molar-refractivity contribution in [2.24, 2.45) is 0 Å². The molecule has 0 amide bonds. The van der Waals surface area contributed by atoms with E-state index in [0.29, 0.717) is 0 Å². The molecule has 0 aromatic carbocycles. The van der Waals surface area contributed by atoms with Gasteiger partial charge in [0.1, 0.15) is 0 Å². The number of carbonyl (C=O) groups is 3. The number of hydrogen-bond donors (Lipinski definition) is 7. The highest BCUT2D eigenvalue weighted by Gasteiger charge is 1.82. The Labute approximate surface area is 179 Å². The Balaban J connectivity index is -0.0000000372. The van der Waals surface area contributed by atoms with Crippen LogP contribution in [0.4, 0.5) is 0 Å². The summed E-state index contributed by atoms with van der Waals surface area (Å²) in [5, 5.41) is 38.1. The van der Waals surface area contributed by atoms with Crippen LogP contribution < -0.4 is 0 Å². The molecule has 168 valence electrons. The van der Waals surface area contributed by atoms with E-state index in [9.17, 15) is 14.4 Å². The molecule has 28 heavy (non-hydrogen) atoms. The number of allylic oxidation sites excluding steroid dienone is 3. The molecule has 0 rings (SSSR count). The SMILES string of the molecule is C=CC.C=CC.C=CC.C=CC(=O)O.O=C(O)CS.O=C(O)CS.OCCO. The minimum absolute atomic E-state index is 0.0833. The van der Waals surface area contributed by atoms with Crippen LogP contribution in [0.15, 0.2) is 50.6 Å². The van der Waals surface area contributed by atoms with Crippen molar-refractivity contribution in [1.29, 1.82) is 0 Å². The topological polar surface area (TPSA) is 152 Å². The molecule has 0 unspecified atom stereocenters. The first kappa shape index (κ1) is 45.0. The van der Waals surface area contributed by atoms with Gasteiger partial charge < -0.3 is 25.5 Å². The number of aliphatic hydroxyl groups is 2. The van der Waals surface area contributed by atoms with Crippen molar-refractivity contribution < 1.29 is 39.9 Å². The van der Waals surface area contributed by atoms with Gasteiger partial charge >= 0.3 is 17.9 Å². The second-order valence-corrected chi connectivity index (χ2v) is 3.95. The Morgan fingerprint density at radius 3 is 0.821 bits per heavy atom. The molecule has 8 nitrogen and oxygen atoms in total. The van der Waals surface area contributed by atoms with Gasteiger partial charge in [-0.1, -0.05) is 24.8 Å². The summed E-state index contributed by atoms with van der Waals surface area (Å²) in [6.45, 7) is 18.5. The molecular formula is C18H36O8S2. The van der Waals surface area contributed by atoms with Gasteiger partial charge in [-0.2, -0.15) is 25.3 Å². The maximum atomic E-state index is 9.29. The maximum Gasteiger partial charge on any atom is 0.327 e. The van der Waals surface area contributed by atoms with E-state index in [1.54, 1.807) is 18.2 Å². The van der Waals surface area contributed by atoms with E-state index in [4.69, 9.17) is 25.5 Å². The largest absolute Gasteiger partial charge is 0.481 e. The highest BCUT2D eigenvalue weighted by atomic mass is 32.1. The molecule has 0 aliphatic rings. The van der Waals surface area contributed by atoms with Crippen LogP contribution in [0.3, 0.4) is 0 Å². The lowest BCUT2D eigenvalue weighted by Gasteiger charge is -1.71. The Bertz CT molecular complexity index is 329. The zero-order chi connectivity index (χ0) is 24.4. The average molecular weight is 445 g/mol. The number of aliphatic carboxylic acids is 3. The van der Waals surface area contributed by atoms with Crippen molar-refractivity contribution in [2.45, 2.75) is 20.8 Å². The Hall–Kier alpha value is -2.01. The lowest BCUT2D eigenvalue weighted by Crippen LogP contribution is -1.92. The van der Waals surface area contributed by atoms with Crippen LogP contribution >= 0.6 is 25.3 Å². The Morgan fingerprint density at radius 1 is 0.714 bits per heavy atom. The van der Waals surface area contributed by atoms with Gasteiger partial charge in [0.05, 0.1) is 24.7 Å². The fraction of sp³-hybridized carbons (Fsp3) is 0.389. The molecule has 0 spiro atoms. The van der Waals surface area contributed by atoms with Gasteiger partial charge in [-0.25, -0.2) is 4.79 Å². The zero-order valence-electron chi connectivity index (χ0n) is 16.8. The molecule has 0 bridgehead atoms. The second kappa shape index (κ2) is 64.0. The van der Waals surface area contributed by atoms with Crippen LogP contribution in [0.25, 0.3) is 0 Å². The van der Waals surface area contributed by atoms with Crippen molar-refractivity contribution >= 4 is 43.2 Å². The molecule has 0 saturated carbocycles. The first-order valence-corrected chi connectivity index (χ1v) is 8.67. The van der Waals surface area contributed by atoms with Gasteiger partial charge in [0, 0.05) is 6.08 Å². The predicted octanol–water partition coefficient (Wildman–Crippen LogP) is 2.81. The summed E-state index contributed by atoms with van der Waals surface area (Å²) in [4.78, 5) is 27.8. The quantitative estimate of drug-likeness (QED) is 0.198. The van der Waals surface area contributed by atoms with Crippen molar-refractivity contribution in [3.05, 3.63) is 50.6 Å². The number of aliphatic hydroxyl groups excluding tert-OH is 2. The van der Waals surface area contributed by atoms with Gasteiger partial charge in [0.2, 0.25) is 0 Å². The van der Waals surface area contributed by atoms with Crippen LogP contribution in [0.1, 0.15) is 20.8 Å². The van der Waals surface area contributed by atoms with E-state index >= 15 is 0 Å². The van der Waals surface area contributed by atoms with Crippen molar-refractivity contribution in [3.63, 3.8) is 0 Å². The fourth-order valence-corrected chi connectivity index (χ4v) is 0. The summed E-state index contributed by atoms with van der Waals surface area (Å²) in [6, 6.07) is 0. The number of carboxylic acids is 3. The van der Waals surface area contributed by atoms with Crippen molar-refractivity contribution in [2.75, 3.05) is 24.7 Å². The first-order chi connectivity index (χ1) is 13.0. The third-order valence-electron chi connectivity index (χ3n) is 0.545. The average Bonchev–Trinajstić information content (AvgIpc) is 2.64. The van der Waals surface area contributed by atoms with Crippen LogP contribution in [-0.2, 0) is 14.4 Å². The third-order valence-corrected chi connectivity index (χ3v) is 1.09. The fourth-order valence-electron chi connectivity index (χ4n) is 0. The molecule has 0 radical (unpaired) electrons. The van der Waals surface area contributed by atoms with Crippen molar-refractivity contribution in [1.82, 2.24) is 0 Å². The third kappa shape index (κ3) is 509. The standard InChI is InChI=1S/C3H4O2.3C3H6.2C2H4O2S.C2H6O2/c1-2-3(4)5;3*1-3-2;2*3-2(4)1-5;3-1-2-4/h2H,1H2,(H,4,5);3*3H,1H2,2H3;2*5H,1H2,(H,3,4);3-4H,1-2H2. The van der Waals surface area contributed by atoms with Gasteiger partial charge in [-0.15, -0.1) is 19.7 Å². The van der Waals surface area contributed by atoms with E-state index in [1.165, 1.54) is 0 Å². The van der Waals surface area contributed by atoms with Crippen molar-refractivity contribution in [3.8, 4) is 0 Å². The highest BCUT2D eigenvalue weighted by Crippen LogP contribution is 1.67. The Morgan fingerprint density at radius 2 is 0.821 bits per heavy atom. The van der Waals surface area contributed by atoms with Crippen LogP contribution in [0.2, 0.25) is 0 Å². The zero-order valence-corrected chi connectivity index (χ0v) is 18.6. The van der Waals surface area contributed by atoms with Gasteiger partial charge in [-0.3, -0.25) is 9.59 Å². The van der Waals surface area contributed by atoms with Crippen LogP contribution in [0.5, 0.6) is 0 Å².